The van der Waals surface area contributed by atoms with Crippen LogP contribution in [0.4, 0.5) is 11.6 Å². The maximum absolute atomic E-state index is 5.41. The summed E-state index contributed by atoms with van der Waals surface area (Å²) >= 11 is 0. The minimum atomic E-state index is -0.00523. The molecular weight excluding hydrogens is 196 g/mol. The van der Waals surface area contributed by atoms with Gasteiger partial charge in [0.1, 0.15) is 11.6 Å². The minimum absolute atomic E-state index is 0.00523. The van der Waals surface area contributed by atoms with Crippen LogP contribution in [0.5, 0.6) is 0 Å². The normalized spacial score (nSPS) is 12.4. The third-order valence-electron chi connectivity index (χ3n) is 1.87. The monoisotopic (exact) mass is 212 g/mol. The molecule has 1 aromatic rings. The summed E-state index contributed by atoms with van der Waals surface area (Å²) in [6.07, 6.45) is 3.07. The van der Waals surface area contributed by atoms with Gasteiger partial charge >= 0.3 is 0 Å². The first-order chi connectivity index (χ1) is 7.26. The number of hydrogen-bond acceptors (Lipinski definition) is 6. The lowest BCUT2D eigenvalue weighted by Gasteiger charge is -2.14. The highest BCUT2D eigenvalue weighted by molar-refractivity contribution is 5.35. The number of anilines is 2. The van der Waals surface area contributed by atoms with Crippen LogP contribution in [0.15, 0.2) is 12.4 Å². The molecule has 0 aliphatic carbocycles. The predicted molar refractivity (Wildman–Crippen MR) is 57.6 cm³/mol. The quantitative estimate of drug-likeness (QED) is 0.697. The Morgan fingerprint density at radius 3 is 2.73 bits per heavy atom. The van der Waals surface area contributed by atoms with E-state index in [2.05, 4.69) is 15.3 Å². The van der Waals surface area contributed by atoms with Crippen molar-refractivity contribution in [2.75, 3.05) is 38.4 Å². The van der Waals surface area contributed by atoms with Crippen LogP contribution in [0.2, 0.25) is 0 Å². The van der Waals surface area contributed by atoms with Gasteiger partial charge in [-0.2, -0.15) is 0 Å². The summed E-state index contributed by atoms with van der Waals surface area (Å²) in [5.74, 6) is 1.07. The van der Waals surface area contributed by atoms with Crippen LogP contribution in [-0.4, -0.2) is 43.4 Å². The number of aromatic nitrogens is 2. The Balaban J connectivity index is 2.38. The summed E-state index contributed by atoms with van der Waals surface area (Å²) in [5.41, 5.74) is 5.41. The Morgan fingerprint density at radius 1 is 1.40 bits per heavy atom. The maximum atomic E-state index is 5.41. The van der Waals surface area contributed by atoms with Gasteiger partial charge in [0, 0.05) is 20.8 Å². The fourth-order valence-electron chi connectivity index (χ4n) is 1.04. The molecule has 0 saturated carbocycles. The molecule has 1 heterocycles. The maximum Gasteiger partial charge on any atom is 0.144 e. The molecule has 0 amide bonds. The number of nitrogens with one attached hydrogen (secondary N) is 1. The Kier molecular flexibility index (Phi) is 4.79. The number of nitrogen functional groups attached to an aromatic ring is 1. The number of rotatable bonds is 6. The van der Waals surface area contributed by atoms with Gasteiger partial charge in [-0.1, -0.05) is 0 Å². The van der Waals surface area contributed by atoms with Crippen molar-refractivity contribution in [1.82, 2.24) is 9.97 Å². The van der Waals surface area contributed by atoms with Crippen molar-refractivity contribution in [3.63, 3.8) is 0 Å². The molecule has 1 atom stereocenters. The van der Waals surface area contributed by atoms with E-state index in [9.17, 15) is 0 Å². The van der Waals surface area contributed by atoms with Gasteiger partial charge in [-0.3, -0.25) is 0 Å². The SMILES string of the molecule is COCC(CNc1cnc(N)cn1)OC. The summed E-state index contributed by atoms with van der Waals surface area (Å²) < 4.78 is 10.2. The van der Waals surface area contributed by atoms with Gasteiger partial charge in [-0.05, 0) is 0 Å². The van der Waals surface area contributed by atoms with Crippen LogP contribution in [-0.2, 0) is 9.47 Å². The molecule has 0 saturated heterocycles. The molecule has 0 aliphatic heterocycles. The molecule has 1 unspecified atom stereocenters. The van der Waals surface area contributed by atoms with E-state index in [-0.39, 0.29) is 6.10 Å². The minimum Gasteiger partial charge on any atom is -0.382 e. The summed E-state index contributed by atoms with van der Waals surface area (Å²) in [4.78, 5) is 7.96. The lowest BCUT2D eigenvalue weighted by Crippen LogP contribution is -2.26. The van der Waals surface area contributed by atoms with Gasteiger partial charge < -0.3 is 20.5 Å². The predicted octanol–water partition coefficient (Wildman–Crippen LogP) is 0.132. The molecule has 6 heteroatoms. The fourth-order valence-corrected chi connectivity index (χ4v) is 1.04. The molecule has 0 bridgehead atoms. The van der Waals surface area contributed by atoms with Crippen molar-refractivity contribution in [2.45, 2.75) is 6.10 Å². The summed E-state index contributed by atoms with van der Waals surface area (Å²) in [6.45, 7) is 1.15. The largest absolute Gasteiger partial charge is 0.382 e. The second-order valence-electron chi connectivity index (χ2n) is 3.02. The molecule has 84 valence electrons. The number of methoxy groups -OCH3 is 2. The fraction of sp³-hybridized carbons (Fsp3) is 0.556. The van der Waals surface area contributed by atoms with Gasteiger partial charge in [0.25, 0.3) is 0 Å². The van der Waals surface area contributed by atoms with Crippen LogP contribution >= 0.6 is 0 Å². The topological polar surface area (TPSA) is 82.3 Å². The summed E-state index contributed by atoms with van der Waals surface area (Å²) in [6, 6.07) is 0. The van der Waals surface area contributed by atoms with Crippen LogP contribution in [0.1, 0.15) is 0 Å². The zero-order chi connectivity index (χ0) is 11.1. The van der Waals surface area contributed by atoms with Crippen LogP contribution in [0.3, 0.4) is 0 Å². The highest BCUT2D eigenvalue weighted by atomic mass is 16.5. The van der Waals surface area contributed by atoms with Crippen LogP contribution in [0.25, 0.3) is 0 Å². The lowest BCUT2D eigenvalue weighted by atomic mass is 10.3. The number of nitrogens with zero attached hydrogens (tertiary/aromatic N) is 2. The van der Waals surface area contributed by atoms with Crippen molar-refractivity contribution in [2.24, 2.45) is 0 Å². The summed E-state index contributed by atoms with van der Waals surface area (Å²) in [5, 5.41) is 3.07. The van der Waals surface area contributed by atoms with E-state index >= 15 is 0 Å². The molecule has 0 spiro atoms. The molecule has 0 aliphatic rings. The summed E-state index contributed by atoms with van der Waals surface area (Å²) in [7, 11) is 3.27. The Bertz CT molecular complexity index is 278. The van der Waals surface area contributed by atoms with Gasteiger partial charge in [0.2, 0.25) is 0 Å². The van der Waals surface area contributed by atoms with E-state index in [0.717, 1.165) is 0 Å². The molecule has 0 radical (unpaired) electrons. The molecule has 1 aromatic heterocycles. The Hall–Kier alpha value is -1.40. The number of hydrogen-bond donors (Lipinski definition) is 2. The standard InChI is InChI=1S/C9H16N4O2/c1-14-6-7(15-2)3-12-9-5-11-8(10)4-13-9/h4-5,7H,3,6H2,1-2H3,(H2,10,11)(H,12,13). The molecule has 3 N–H and O–H groups in total. The van der Waals surface area contributed by atoms with Crippen molar-refractivity contribution in [3.05, 3.63) is 12.4 Å². The van der Waals surface area contributed by atoms with Gasteiger partial charge in [-0.25, -0.2) is 9.97 Å². The first-order valence-electron chi connectivity index (χ1n) is 4.59. The zero-order valence-corrected chi connectivity index (χ0v) is 8.93. The first kappa shape index (κ1) is 11.7. The highest BCUT2D eigenvalue weighted by Gasteiger charge is 2.06. The molecule has 1 rings (SSSR count). The van der Waals surface area contributed by atoms with Crippen LogP contribution < -0.4 is 11.1 Å². The Morgan fingerprint density at radius 2 is 2.20 bits per heavy atom. The average molecular weight is 212 g/mol. The third kappa shape index (κ3) is 4.09. The van der Waals surface area contributed by atoms with Gasteiger partial charge in [-0.15, -0.1) is 0 Å². The van der Waals surface area contributed by atoms with E-state index in [1.165, 1.54) is 6.20 Å². The van der Waals surface area contributed by atoms with E-state index in [1.54, 1.807) is 20.4 Å². The molecule has 0 fully saturated rings. The highest BCUT2D eigenvalue weighted by Crippen LogP contribution is 2.02. The second-order valence-corrected chi connectivity index (χ2v) is 3.02. The molecular formula is C9H16N4O2. The van der Waals surface area contributed by atoms with Crippen molar-refractivity contribution >= 4 is 11.6 Å². The van der Waals surface area contributed by atoms with E-state index in [4.69, 9.17) is 15.2 Å². The smallest absolute Gasteiger partial charge is 0.144 e. The lowest BCUT2D eigenvalue weighted by molar-refractivity contribution is 0.0365. The van der Waals surface area contributed by atoms with Crippen molar-refractivity contribution in [3.8, 4) is 0 Å². The third-order valence-corrected chi connectivity index (χ3v) is 1.87. The number of ether oxygens (including phenoxy) is 2. The molecule has 6 nitrogen and oxygen atoms in total. The van der Waals surface area contributed by atoms with Crippen molar-refractivity contribution < 1.29 is 9.47 Å². The second kappa shape index (κ2) is 6.15. The van der Waals surface area contributed by atoms with E-state index in [1.807, 2.05) is 0 Å². The number of nitrogens with two attached hydrogens (primary N) is 1. The molecule has 15 heavy (non-hydrogen) atoms. The first-order valence-corrected chi connectivity index (χ1v) is 4.59. The van der Waals surface area contributed by atoms with E-state index in [0.29, 0.717) is 24.8 Å². The van der Waals surface area contributed by atoms with Gasteiger partial charge in [0.05, 0.1) is 25.1 Å². The Labute approximate surface area is 88.8 Å². The van der Waals surface area contributed by atoms with E-state index < -0.39 is 0 Å². The van der Waals surface area contributed by atoms with Crippen LogP contribution in [0, 0.1) is 0 Å². The average Bonchev–Trinajstić information content (AvgIpc) is 2.26. The molecule has 0 aromatic carbocycles. The van der Waals surface area contributed by atoms with Crippen molar-refractivity contribution in [1.29, 1.82) is 0 Å². The van der Waals surface area contributed by atoms with Gasteiger partial charge in [0.15, 0.2) is 0 Å². The zero-order valence-electron chi connectivity index (χ0n) is 8.93.